The Balaban J connectivity index is 0. The van der Waals surface area contributed by atoms with E-state index in [1.54, 1.807) is 0 Å². The molecule has 0 aliphatic rings. The molecule has 0 aliphatic heterocycles. The molecule has 2 aromatic rings. The molecular formula is C10H6FeNNaO5S+. The van der Waals surface area contributed by atoms with Crippen molar-refractivity contribution in [1.82, 2.24) is 0 Å². The van der Waals surface area contributed by atoms with Crippen molar-refractivity contribution in [2.75, 3.05) is 0 Å². The van der Waals surface area contributed by atoms with E-state index in [-0.39, 0.29) is 62.7 Å². The van der Waals surface area contributed by atoms with Gasteiger partial charge in [0.2, 0.25) is 0 Å². The molecule has 2 rings (SSSR count). The standard InChI is InChI=1S/C10H6NO4S.Fe.Na.H2O/c12-9-4-1-6-5-7(16(14)15)2-3-8(6)10(9)11-13;;;/h1-5,12H;;;1H2/q-1;+3;+1;/p-2. The quantitative estimate of drug-likeness (QED) is 0.389. The van der Waals surface area contributed by atoms with Crippen LogP contribution >= 0.6 is 0 Å². The Kier molecular flexibility index (Phi) is 9.49. The van der Waals surface area contributed by atoms with E-state index in [1.165, 1.54) is 30.3 Å². The van der Waals surface area contributed by atoms with Gasteiger partial charge in [-0.15, -0.1) is 4.91 Å². The van der Waals surface area contributed by atoms with Crippen LogP contribution in [0.5, 0.6) is 5.75 Å². The maximum Gasteiger partial charge on any atom is 3.00 e. The molecule has 0 fully saturated rings. The average Bonchev–Trinajstić information content (AvgIpc) is 2.28. The molecule has 1 N–H and O–H groups in total. The van der Waals surface area contributed by atoms with Gasteiger partial charge < -0.3 is 19.0 Å². The van der Waals surface area contributed by atoms with Crippen molar-refractivity contribution < 1.29 is 65.6 Å². The fraction of sp³-hybridized carbons (Fsp3) is 0. The van der Waals surface area contributed by atoms with E-state index in [2.05, 4.69) is 5.18 Å². The Morgan fingerprint density at radius 2 is 1.74 bits per heavy atom. The molecule has 0 spiro atoms. The summed E-state index contributed by atoms with van der Waals surface area (Å²) in [5.41, 5.74) is -0.194. The molecule has 6 nitrogen and oxygen atoms in total. The van der Waals surface area contributed by atoms with Gasteiger partial charge in [0.1, 0.15) is 5.69 Å². The summed E-state index contributed by atoms with van der Waals surface area (Å²) in [6.45, 7) is 0. The van der Waals surface area contributed by atoms with Crippen molar-refractivity contribution >= 4 is 27.2 Å². The van der Waals surface area contributed by atoms with Gasteiger partial charge in [-0.25, -0.2) is 0 Å². The third kappa shape index (κ3) is 4.25. The Bertz CT molecular complexity index is 654. The predicted molar refractivity (Wildman–Crippen MR) is 57.8 cm³/mol. The molecule has 0 heterocycles. The number of hydrogen-bond acceptors (Lipinski definition) is 7. The molecule has 19 heavy (non-hydrogen) atoms. The van der Waals surface area contributed by atoms with Crippen LogP contribution in [0.3, 0.4) is 0 Å². The van der Waals surface area contributed by atoms with Crippen molar-refractivity contribution in [1.29, 1.82) is 0 Å². The third-order valence-electron chi connectivity index (χ3n) is 2.21. The van der Waals surface area contributed by atoms with Crippen LogP contribution in [0.25, 0.3) is 10.8 Å². The monoisotopic (exact) mass is 331 g/mol. The van der Waals surface area contributed by atoms with E-state index < -0.39 is 16.5 Å². The van der Waals surface area contributed by atoms with Crippen LogP contribution < -0.4 is 34.7 Å². The zero-order valence-electron chi connectivity index (χ0n) is 9.68. The normalized spacial score (nSPS) is 9.11. The van der Waals surface area contributed by atoms with Crippen molar-refractivity contribution in [3.63, 3.8) is 0 Å². The van der Waals surface area contributed by atoms with Gasteiger partial charge >= 0.3 is 46.6 Å². The number of nitrogens with zero attached hydrogens (tertiary/aromatic N) is 1. The fourth-order valence-electron chi connectivity index (χ4n) is 1.47. The molecule has 95 valence electrons. The molecule has 0 unspecified atom stereocenters. The van der Waals surface area contributed by atoms with Gasteiger partial charge in [-0.1, -0.05) is 41.0 Å². The second kappa shape index (κ2) is 8.65. The summed E-state index contributed by atoms with van der Waals surface area (Å²) >= 11 is 0. The zero-order valence-corrected chi connectivity index (χ0v) is 13.6. The zero-order chi connectivity index (χ0) is 11.7. The van der Waals surface area contributed by atoms with E-state index >= 15 is 0 Å². The van der Waals surface area contributed by atoms with E-state index in [4.69, 9.17) is 0 Å². The van der Waals surface area contributed by atoms with Gasteiger partial charge in [-0.3, -0.25) is 0 Å². The second-order valence-electron chi connectivity index (χ2n) is 3.12. The minimum atomic E-state index is -2.34. The van der Waals surface area contributed by atoms with Gasteiger partial charge in [0, 0.05) is 5.39 Å². The molecule has 0 saturated heterocycles. The summed E-state index contributed by atoms with van der Waals surface area (Å²) in [5.74, 6) is -0.474. The van der Waals surface area contributed by atoms with Gasteiger partial charge in [0.05, 0.1) is 0 Å². The largest absolute Gasteiger partial charge is 3.00 e. The third-order valence-corrected chi connectivity index (χ3v) is 2.85. The maximum atomic E-state index is 11.3. The first kappa shape index (κ1) is 20.8. The molecule has 0 aliphatic carbocycles. The molecule has 0 aromatic heterocycles. The summed E-state index contributed by atoms with van der Waals surface area (Å²) in [7, 11) is -2.34. The van der Waals surface area contributed by atoms with Crippen LogP contribution in [-0.2, 0) is 36.2 Å². The van der Waals surface area contributed by atoms with E-state index in [0.29, 0.717) is 10.8 Å². The van der Waals surface area contributed by atoms with Crippen LogP contribution in [0.1, 0.15) is 0 Å². The average molecular weight is 331 g/mol. The van der Waals surface area contributed by atoms with Crippen molar-refractivity contribution in [3.8, 4) is 5.75 Å². The molecule has 0 atom stereocenters. The summed E-state index contributed by atoms with van der Waals surface area (Å²) in [6.07, 6.45) is 0. The number of nitroso groups, excluding NO2 is 1. The first-order valence-electron chi connectivity index (χ1n) is 4.30. The predicted octanol–water partition coefficient (Wildman–Crippen LogP) is -1.20. The Morgan fingerprint density at radius 1 is 1.11 bits per heavy atom. The van der Waals surface area contributed by atoms with Crippen LogP contribution in [0, 0.1) is 4.91 Å². The summed E-state index contributed by atoms with van der Waals surface area (Å²) in [4.78, 5) is 10.6. The van der Waals surface area contributed by atoms with Crippen LogP contribution in [0.15, 0.2) is 40.4 Å². The van der Waals surface area contributed by atoms with Crippen molar-refractivity contribution in [2.45, 2.75) is 4.90 Å². The SMILES string of the molecule is O=Nc1c([O-])ccc2cc([S-](=O)=O)ccc12.[Fe+3].[Na+].[OH-]. The topological polar surface area (TPSA) is 117 Å². The fourth-order valence-corrected chi connectivity index (χ4v) is 1.87. The van der Waals surface area contributed by atoms with E-state index in [9.17, 15) is 18.4 Å². The molecule has 9 heteroatoms. The first-order valence-corrected chi connectivity index (χ1v) is 5.37. The van der Waals surface area contributed by atoms with Gasteiger partial charge in [0.25, 0.3) is 0 Å². The molecule has 0 amide bonds. The second-order valence-corrected chi connectivity index (χ2v) is 4.06. The smallest absolute Gasteiger partial charge is 0.871 e. The minimum absolute atomic E-state index is 0. The molecule has 0 bridgehead atoms. The van der Waals surface area contributed by atoms with Crippen LogP contribution in [-0.4, -0.2) is 5.48 Å². The van der Waals surface area contributed by atoms with Gasteiger partial charge in [0.15, 0.2) is 0 Å². The maximum absolute atomic E-state index is 11.3. The minimum Gasteiger partial charge on any atom is -0.871 e. The first-order chi connectivity index (χ1) is 7.63. The number of hydrogen-bond donors (Lipinski definition) is 0. The Hall–Kier alpha value is -0.471. The summed E-state index contributed by atoms with van der Waals surface area (Å²) in [6, 6.07) is 6.75. The van der Waals surface area contributed by atoms with Crippen LogP contribution in [0.2, 0.25) is 0 Å². The van der Waals surface area contributed by atoms with Crippen molar-refractivity contribution in [2.24, 2.45) is 5.18 Å². The number of fused-ring (bicyclic) bond motifs is 1. The van der Waals surface area contributed by atoms with E-state index in [1.807, 2.05) is 0 Å². The van der Waals surface area contributed by atoms with Crippen LogP contribution in [0.4, 0.5) is 5.69 Å². The van der Waals surface area contributed by atoms with Crippen molar-refractivity contribution in [3.05, 3.63) is 35.2 Å². The molecule has 1 radical (unpaired) electrons. The Labute approximate surface area is 143 Å². The molecular weight excluding hydrogens is 325 g/mol. The van der Waals surface area contributed by atoms with E-state index in [0.717, 1.165) is 0 Å². The Morgan fingerprint density at radius 3 is 2.26 bits per heavy atom. The summed E-state index contributed by atoms with van der Waals surface area (Å²) in [5, 5.41) is 14.8. The number of rotatable bonds is 2. The van der Waals surface area contributed by atoms with Gasteiger partial charge in [-0.2, -0.15) is 0 Å². The molecule has 0 saturated carbocycles. The molecule has 2 aromatic carbocycles. The van der Waals surface area contributed by atoms with Gasteiger partial charge in [-0.05, 0) is 21.3 Å². The number of benzene rings is 2. The summed E-state index contributed by atoms with van der Waals surface area (Å²) < 4.78 is 21.4.